The number of rotatable bonds is 3. The maximum absolute atomic E-state index is 12.7. The number of nitrogens with zero attached hydrogens (tertiary/aromatic N) is 3. The van der Waals surface area contributed by atoms with Gasteiger partial charge in [0.1, 0.15) is 0 Å². The number of carbonyl (C=O) groups is 1. The van der Waals surface area contributed by atoms with Crippen molar-refractivity contribution in [3.8, 4) is 0 Å². The highest BCUT2D eigenvalue weighted by Crippen LogP contribution is 2.21. The van der Waals surface area contributed by atoms with Crippen LogP contribution in [0.1, 0.15) is 26.2 Å². The first kappa shape index (κ1) is 14.3. The van der Waals surface area contributed by atoms with Gasteiger partial charge in [0.2, 0.25) is 5.91 Å². The monoisotopic (exact) mass is 280 g/mol. The van der Waals surface area contributed by atoms with Crippen molar-refractivity contribution in [1.82, 2.24) is 20.0 Å². The summed E-state index contributed by atoms with van der Waals surface area (Å²) >= 11 is 0. The molecule has 0 aromatic carbocycles. The first-order valence-corrected chi connectivity index (χ1v) is 8.23. The Morgan fingerprint density at radius 1 is 1.10 bits per heavy atom. The van der Waals surface area contributed by atoms with E-state index in [0.717, 1.165) is 39.3 Å². The van der Waals surface area contributed by atoms with Crippen LogP contribution >= 0.6 is 0 Å². The number of hydrogen-bond acceptors (Lipinski definition) is 4. The lowest BCUT2D eigenvalue weighted by Gasteiger charge is -2.34. The Bertz CT molecular complexity index is 337. The average Bonchev–Trinajstić information content (AvgIpc) is 3.17. The molecule has 5 heteroatoms. The molecule has 3 saturated heterocycles. The van der Waals surface area contributed by atoms with E-state index in [9.17, 15) is 4.79 Å². The van der Waals surface area contributed by atoms with Crippen LogP contribution in [0.3, 0.4) is 0 Å². The summed E-state index contributed by atoms with van der Waals surface area (Å²) < 4.78 is 0. The predicted molar refractivity (Wildman–Crippen MR) is 79.7 cm³/mol. The van der Waals surface area contributed by atoms with E-state index < -0.39 is 0 Å². The van der Waals surface area contributed by atoms with Crippen molar-refractivity contribution in [3.63, 3.8) is 0 Å². The topological polar surface area (TPSA) is 38.8 Å². The van der Waals surface area contributed by atoms with Crippen LogP contribution in [0.2, 0.25) is 0 Å². The smallest absolute Gasteiger partial charge is 0.239 e. The minimum Gasteiger partial charge on any atom is -0.340 e. The molecule has 5 nitrogen and oxygen atoms in total. The molecular formula is C15H28N4O. The summed E-state index contributed by atoms with van der Waals surface area (Å²) in [5, 5.41) is 3.35. The van der Waals surface area contributed by atoms with Gasteiger partial charge >= 0.3 is 0 Å². The predicted octanol–water partition coefficient (Wildman–Crippen LogP) is -0.0232. The molecule has 3 fully saturated rings. The lowest BCUT2D eigenvalue weighted by molar-refractivity contribution is -0.135. The van der Waals surface area contributed by atoms with Gasteiger partial charge < -0.3 is 10.2 Å². The molecule has 2 atom stereocenters. The van der Waals surface area contributed by atoms with Gasteiger partial charge in [0.15, 0.2) is 0 Å². The molecule has 0 saturated carbocycles. The molecular weight excluding hydrogens is 252 g/mol. The Morgan fingerprint density at radius 3 is 2.50 bits per heavy atom. The number of nitrogens with one attached hydrogen (secondary N) is 1. The van der Waals surface area contributed by atoms with Crippen molar-refractivity contribution >= 4 is 5.91 Å². The van der Waals surface area contributed by atoms with Crippen molar-refractivity contribution in [2.45, 2.75) is 38.3 Å². The second-order valence-electron chi connectivity index (χ2n) is 6.43. The standard InChI is InChI=1S/C15H28N4O/c1-13(17-10-5-16-6-11-17)15(20)19-9-4-14(12-19)18-7-2-3-8-18/h13-14,16H,2-12H2,1H3. The fourth-order valence-corrected chi connectivity index (χ4v) is 3.84. The van der Waals surface area contributed by atoms with E-state index in [4.69, 9.17) is 0 Å². The Labute approximate surface area is 122 Å². The fourth-order valence-electron chi connectivity index (χ4n) is 3.84. The number of amides is 1. The maximum atomic E-state index is 12.7. The van der Waals surface area contributed by atoms with Gasteiger partial charge in [-0.05, 0) is 39.3 Å². The number of hydrogen-bond donors (Lipinski definition) is 1. The first-order chi connectivity index (χ1) is 9.75. The lowest BCUT2D eigenvalue weighted by atomic mass is 10.2. The van der Waals surface area contributed by atoms with Crippen LogP contribution in [0.15, 0.2) is 0 Å². The highest BCUT2D eigenvalue weighted by molar-refractivity contribution is 5.81. The molecule has 0 spiro atoms. The summed E-state index contributed by atoms with van der Waals surface area (Å²) in [6.45, 7) is 10.5. The Hall–Kier alpha value is -0.650. The zero-order chi connectivity index (χ0) is 13.9. The Morgan fingerprint density at radius 2 is 1.80 bits per heavy atom. The number of likely N-dealkylation sites (tertiary alicyclic amines) is 2. The van der Waals surface area contributed by atoms with Gasteiger partial charge in [0.05, 0.1) is 6.04 Å². The molecule has 1 N–H and O–H groups in total. The van der Waals surface area contributed by atoms with Gasteiger partial charge in [-0.3, -0.25) is 14.6 Å². The first-order valence-electron chi connectivity index (χ1n) is 8.23. The molecule has 0 aliphatic carbocycles. The van der Waals surface area contributed by atoms with Crippen LogP contribution in [-0.2, 0) is 4.79 Å². The van der Waals surface area contributed by atoms with Gasteiger partial charge in [-0.25, -0.2) is 0 Å². The largest absolute Gasteiger partial charge is 0.340 e. The third-order valence-electron chi connectivity index (χ3n) is 5.19. The summed E-state index contributed by atoms with van der Waals surface area (Å²) in [5.74, 6) is 0.341. The van der Waals surface area contributed by atoms with Crippen LogP contribution in [0, 0.1) is 0 Å². The lowest BCUT2D eigenvalue weighted by Crippen LogP contribution is -2.53. The van der Waals surface area contributed by atoms with E-state index in [0.29, 0.717) is 11.9 Å². The summed E-state index contributed by atoms with van der Waals surface area (Å²) in [7, 11) is 0. The molecule has 0 aromatic rings. The van der Waals surface area contributed by atoms with Crippen molar-refractivity contribution < 1.29 is 4.79 Å². The van der Waals surface area contributed by atoms with E-state index in [1.807, 2.05) is 0 Å². The van der Waals surface area contributed by atoms with Crippen LogP contribution in [0.25, 0.3) is 0 Å². The maximum Gasteiger partial charge on any atom is 0.239 e. The van der Waals surface area contributed by atoms with Crippen molar-refractivity contribution in [1.29, 1.82) is 0 Å². The summed E-state index contributed by atoms with van der Waals surface area (Å²) in [6.07, 6.45) is 3.84. The average molecular weight is 280 g/mol. The molecule has 20 heavy (non-hydrogen) atoms. The third kappa shape index (κ3) is 3.00. The SMILES string of the molecule is CC(C(=O)N1CCC(N2CCCC2)C1)N1CCNCC1. The van der Waals surface area contributed by atoms with Gasteiger partial charge in [-0.15, -0.1) is 0 Å². The summed E-state index contributed by atoms with van der Waals surface area (Å²) in [4.78, 5) is 19.7. The van der Waals surface area contributed by atoms with E-state index in [-0.39, 0.29) is 6.04 Å². The zero-order valence-corrected chi connectivity index (χ0v) is 12.7. The molecule has 2 unspecified atom stereocenters. The van der Waals surface area contributed by atoms with Crippen LogP contribution in [-0.4, -0.2) is 85.0 Å². The molecule has 3 aliphatic rings. The van der Waals surface area contributed by atoms with Crippen LogP contribution in [0.4, 0.5) is 0 Å². The Kier molecular flexibility index (Phi) is 4.58. The third-order valence-corrected chi connectivity index (χ3v) is 5.19. The highest BCUT2D eigenvalue weighted by atomic mass is 16.2. The van der Waals surface area contributed by atoms with Crippen LogP contribution in [0.5, 0.6) is 0 Å². The quantitative estimate of drug-likeness (QED) is 0.788. The van der Waals surface area contributed by atoms with Crippen LogP contribution < -0.4 is 5.32 Å². The van der Waals surface area contributed by atoms with Crippen molar-refractivity contribution in [2.24, 2.45) is 0 Å². The number of piperazine rings is 1. The molecule has 114 valence electrons. The number of carbonyl (C=O) groups excluding carboxylic acids is 1. The van der Waals surface area contributed by atoms with E-state index in [2.05, 4.69) is 26.9 Å². The van der Waals surface area contributed by atoms with E-state index in [1.165, 1.54) is 32.4 Å². The zero-order valence-electron chi connectivity index (χ0n) is 12.7. The molecule has 3 heterocycles. The summed E-state index contributed by atoms with van der Waals surface area (Å²) in [5.41, 5.74) is 0. The second kappa shape index (κ2) is 6.41. The molecule has 0 bridgehead atoms. The van der Waals surface area contributed by atoms with Gasteiger partial charge in [-0.2, -0.15) is 0 Å². The molecule has 0 aromatic heterocycles. The Balaban J connectivity index is 1.52. The second-order valence-corrected chi connectivity index (χ2v) is 6.43. The minimum absolute atomic E-state index is 0.0504. The van der Waals surface area contributed by atoms with Gasteiger partial charge in [0.25, 0.3) is 0 Å². The molecule has 1 amide bonds. The fraction of sp³-hybridized carbons (Fsp3) is 0.933. The van der Waals surface area contributed by atoms with Gasteiger partial charge in [0, 0.05) is 45.3 Å². The minimum atomic E-state index is 0.0504. The van der Waals surface area contributed by atoms with Crippen molar-refractivity contribution in [3.05, 3.63) is 0 Å². The summed E-state index contributed by atoms with van der Waals surface area (Å²) in [6, 6.07) is 0.672. The normalized spacial score (nSPS) is 30.9. The molecule has 0 radical (unpaired) electrons. The van der Waals surface area contributed by atoms with Gasteiger partial charge in [-0.1, -0.05) is 0 Å². The molecule has 3 aliphatic heterocycles. The van der Waals surface area contributed by atoms with E-state index in [1.54, 1.807) is 0 Å². The van der Waals surface area contributed by atoms with E-state index >= 15 is 0 Å². The molecule has 3 rings (SSSR count). The highest BCUT2D eigenvalue weighted by Gasteiger charge is 2.34. The van der Waals surface area contributed by atoms with Crippen molar-refractivity contribution in [2.75, 3.05) is 52.4 Å².